The van der Waals surface area contributed by atoms with Crippen LogP contribution in [0.2, 0.25) is 0 Å². The Morgan fingerprint density at radius 3 is 3.04 bits per heavy atom. The average Bonchev–Trinajstić information content (AvgIpc) is 3.14. The number of aromatic nitrogens is 2. The van der Waals surface area contributed by atoms with E-state index in [4.69, 9.17) is 11.5 Å². The number of hydrogen-bond donors (Lipinski definition) is 3. The number of anilines is 1. The van der Waals surface area contributed by atoms with Gasteiger partial charge in [0.1, 0.15) is 5.82 Å². The Morgan fingerprint density at radius 1 is 1.30 bits per heavy atom. The Bertz CT molecular complexity index is 806. The molecule has 3 aromatic rings. The van der Waals surface area contributed by atoms with Gasteiger partial charge in [0.15, 0.2) is 5.96 Å². The van der Waals surface area contributed by atoms with Crippen molar-refractivity contribution in [2.24, 2.45) is 16.5 Å². The molecule has 0 aliphatic heterocycles. The van der Waals surface area contributed by atoms with Crippen LogP contribution >= 0.6 is 34.6 Å². The lowest BCUT2D eigenvalue weighted by molar-refractivity contribution is 1.18. The van der Waals surface area contributed by atoms with E-state index in [0.29, 0.717) is 5.13 Å². The van der Waals surface area contributed by atoms with Crippen LogP contribution in [0.15, 0.2) is 34.6 Å². The van der Waals surface area contributed by atoms with Gasteiger partial charge in [-0.3, -0.25) is 0 Å². The Kier molecular flexibility index (Phi) is 5.31. The third-order valence-corrected chi connectivity index (χ3v) is 5.53. The predicted octanol–water partition coefficient (Wildman–Crippen LogP) is 3.00. The van der Waals surface area contributed by atoms with Gasteiger partial charge in [0.2, 0.25) is 5.13 Å². The fourth-order valence-electron chi connectivity index (χ4n) is 1.96. The molecular formula is C14H16N6S3. The summed E-state index contributed by atoms with van der Waals surface area (Å²) < 4.78 is 5.66. The number of hydrogen-bond acceptors (Lipinski definition) is 7. The number of thioether (sulfide) groups is 1. The first-order valence-electron chi connectivity index (χ1n) is 6.92. The third kappa shape index (κ3) is 4.34. The number of nitrogens with zero attached hydrogens (tertiary/aromatic N) is 3. The van der Waals surface area contributed by atoms with E-state index in [1.165, 1.54) is 33.0 Å². The van der Waals surface area contributed by atoms with Gasteiger partial charge in [-0.1, -0.05) is 12.1 Å². The van der Waals surface area contributed by atoms with Crippen LogP contribution in [0.25, 0.3) is 10.1 Å². The van der Waals surface area contributed by atoms with E-state index >= 15 is 0 Å². The monoisotopic (exact) mass is 364 g/mol. The zero-order valence-corrected chi connectivity index (χ0v) is 14.7. The lowest BCUT2D eigenvalue weighted by atomic mass is 10.3. The van der Waals surface area contributed by atoms with E-state index in [1.54, 1.807) is 0 Å². The molecule has 2 aromatic heterocycles. The van der Waals surface area contributed by atoms with Crippen LogP contribution in [-0.2, 0) is 5.75 Å². The van der Waals surface area contributed by atoms with Crippen molar-refractivity contribution in [1.29, 1.82) is 0 Å². The van der Waals surface area contributed by atoms with Gasteiger partial charge in [0.05, 0.1) is 10.4 Å². The highest BCUT2D eigenvalue weighted by Gasteiger charge is 2.05. The highest BCUT2D eigenvalue weighted by atomic mass is 32.2. The number of benzene rings is 1. The number of aliphatic imine (C=N–C) groups is 1. The first-order valence-corrected chi connectivity index (χ1v) is 9.73. The van der Waals surface area contributed by atoms with Gasteiger partial charge in [-0.25, -0.2) is 4.98 Å². The molecule has 0 fully saturated rings. The lowest BCUT2D eigenvalue weighted by Gasteiger charge is -2.03. The molecule has 0 bridgehead atoms. The maximum atomic E-state index is 5.34. The Hall–Kier alpha value is -1.84. The van der Waals surface area contributed by atoms with Gasteiger partial charge in [0, 0.05) is 28.8 Å². The molecule has 9 heteroatoms. The van der Waals surface area contributed by atoms with Gasteiger partial charge in [-0.15, -0.1) is 11.3 Å². The highest BCUT2D eigenvalue weighted by molar-refractivity contribution is 7.98. The van der Waals surface area contributed by atoms with Crippen molar-refractivity contribution >= 4 is 61.6 Å². The molecule has 0 saturated carbocycles. The molecule has 2 heterocycles. The summed E-state index contributed by atoms with van der Waals surface area (Å²) in [4.78, 5) is 8.30. The summed E-state index contributed by atoms with van der Waals surface area (Å²) in [7, 11) is 0. The molecule has 6 nitrogen and oxygen atoms in total. The summed E-state index contributed by atoms with van der Waals surface area (Å²) in [6, 6.07) is 8.25. The second-order valence-electron chi connectivity index (χ2n) is 4.66. The van der Waals surface area contributed by atoms with Crippen molar-refractivity contribution in [2.45, 2.75) is 5.75 Å². The zero-order chi connectivity index (χ0) is 16.1. The molecule has 0 atom stereocenters. The molecule has 0 aliphatic carbocycles. The van der Waals surface area contributed by atoms with Crippen LogP contribution in [0.5, 0.6) is 0 Å². The van der Waals surface area contributed by atoms with E-state index in [0.717, 1.165) is 29.6 Å². The number of nitrogens with two attached hydrogens (primary N) is 2. The molecule has 120 valence electrons. The minimum absolute atomic E-state index is 0.0400. The Morgan fingerprint density at radius 2 is 2.17 bits per heavy atom. The standard InChI is InChI=1S/C14H16N6S3/c15-13(16)19-14-18-9(8-22-14)7-21-6-5-17-12-10-3-1-2-4-11(10)23-20-12/h1-4,8H,5-7H2,(H,17,20)(H4,15,16,18,19). The maximum absolute atomic E-state index is 5.34. The Labute approximate surface area is 146 Å². The molecule has 0 spiro atoms. The van der Waals surface area contributed by atoms with Crippen LogP contribution in [0.1, 0.15) is 5.69 Å². The molecular weight excluding hydrogens is 348 g/mol. The first-order chi connectivity index (χ1) is 11.2. The molecule has 0 aliphatic rings. The molecule has 1 aromatic carbocycles. The molecule has 0 radical (unpaired) electrons. The van der Waals surface area contributed by atoms with Crippen molar-refractivity contribution in [3.05, 3.63) is 35.3 Å². The second-order valence-corrected chi connectivity index (χ2v) is 7.41. The van der Waals surface area contributed by atoms with Crippen molar-refractivity contribution < 1.29 is 0 Å². The summed E-state index contributed by atoms with van der Waals surface area (Å²) >= 11 is 4.78. The van der Waals surface area contributed by atoms with E-state index in [2.05, 4.69) is 31.8 Å². The summed E-state index contributed by atoms with van der Waals surface area (Å²) in [6.45, 7) is 0.864. The van der Waals surface area contributed by atoms with Gasteiger partial charge in [0.25, 0.3) is 0 Å². The maximum Gasteiger partial charge on any atom is 0.212 e. The Balaban J connectivity index is 1.43. The summed E-state index contributed by atoms with van der Waals surface area (Å²) in [5.74, 6) is 2.82. The number of rotatable bonds is 7. The van der Waals surface area contributed by atoms with E-state index in [1.807, 2.05) is 29.3 Å². The van der Waals surface area contributed by atoms with Gasteiger partial charge in [-0.05, 0) is 23.7 Å². The molecule has 0 amide bonds. The predicted molar refractivity (Wildman–Crippen MR) is 102 cm³/mol. The highest BCUT2D eigenvalue weighted by Crippen LogP contribution is 2.26. The number of thiazole rings is 1. The molecule has 5 N–H and O–H groups in total. The minimum Gasteiger partial charge on any atom is -0.370 e. The van der Waals surface area contributed by atoms with Crippen LogP contribution in [-0.4, -0.2) is 27.6 Å². The van der Waals surface area contributed by atoms with Crippen molar-refractivity contribution in [1.82, 2.24) is 9.36 Å². The first kappa shape index (κ1) is 16.0. The molecule has 0 unspecified atom stereocenters. The lowest BCUT2D eigenvalue weighted by Crippen LogP contribution is -2.21. The SMILES string of the molecule is NC(N)=Nc1nc(CSCCNc2nsc3ccccc23)cs1. The van der Waals surface area contributed by atoms with Gasteiger partial charge >= 0.3 is 0 Å². The summed E-state index contributed by atoms with van der Waals surface area (Å²) in [5, 5.41) is 7.16. The van der Waals surface area contributed by atoms with Crippen LogP contribution in [0.3, 0.4) is 0 Å². The number of guanidine groups is 1. The average molecular weight is 365 g/mol. The fourth-order valence-corrected chi connectivity index (χ4v) is 4.27. The molecule has 23 heavy (non-hydrogen) atoms. The van der Waals surface area contributed by atoms with Crippen molar-refractivity contribution in [2.75, 3.05) is 17.6 Å². The van der Waals surface area contributed by atoms with E-state index in [9.17, 15) is 0 Å². The van der Waals surface area contributed by atoms with Crippen LogP contribution < -0.4 is 16.8 Å². The molecule has 0 saturated heterocycles. The smallest absolute Gasteiger partial charge is 0.212 e. The van der Waals surface area contributed by atoms with Crippen LogP contribution in [0, 0.1) is 0 Å². The van der Waals surface area contributed by atoms with Crippen LogP contribution in [0.4, 0.5) is 10.9 Å². The van der Waals surface area contributed by atoms with Gasteiger partial charge < -0.3 is 16.8 Å². The van der Waals surface area contributed by atoms with Crippen molar-refractivity contribution in [3.8, 4) is 0 Å². The van der Waals surface area contributed by atoms with Gasteiger partial charge in [-0.2, -0.15) is 21.1 Å². The quantitative estimate of drug-likeness (QED) is 0.338. The summed E-state index contributed by atoms with van der Waals surface area (Å²) in [6.07, 6.45) is 0. The summed E-state index contributed by atoms with van der Waals surface area (Å²) in [5.41, 5.74) is 11.7. The largest absolute Gasteiger partial charge is 0.370 e. The topological polar surface area (TPSA) is 102 Å². The molecule has 3 rings (SSSR count). The van der Waals surface area contributed by atoms with Crippen molar-refractivity contribution in [3.63, 3.8) is 0 Å². The van der Waals surface area contributed by atoms with E-state index in [-0.39, 0.29) is 5.96 Å². The third-order valence-electron chi connectivity index (χ3n) is 2.93. The number of fused-ring (bicyclic) bond motifs is 1. The zero-order valence-electron chi connectivity index (χ0n) is 12.2. The number of nitrogens with one attached hydrogen (secondary N) is 1. The van der Waals surface area contributed by atoms with E-state index < -0.39 is 0 Å². The second kappa shape index (κ2) is 7.62. The fraction of sp³-hybridized carbons (Fsp3) is 0.214. The minimum atomic E-state index is 0.0400. The normalized spacial score (nSPS) is 10.8.